The number of hydrogen-bond acceptors (Lipinski definition) is 5. The second kappa shape index (κ2) is 8.27. The summed E-state index contributed by atoms with van der Waals surface area (Å²) in [6.07, 6.45) is -0.696. The van der Waals surface area contributed by atoms with Crippen molar-refractivity contribution in [2.24, 2.45) is 0 Å². The Labute approximate surface area is 112 Å². The Morgan fingerprint density at radius 1 is 1.11 bits per heavy atom. The first-order valence-electron chi connectivity index (χ1n) is 5.85. The SMILES string of the molecule is CC(C)OP(=O)(NCC(=O)NCC(=O)O)OC(C)C. The fourth-order valence-corrected chi connectivity index (χ4v) is 2.71. The summed E-state index contributed by atoms with van der Waals surface area (Å²) in [5.74, 6) is -1.77. The van der Waals surface area contributed by atoms with Crippen LogP contribution < -0.4 is 10.4 Å². The standard InChI is InChI=1S/C10H21N2O6P/c1-7(2)17-19(16,18-8(3)4)12-5-9(13)11-6-10(14)15/h7-8H,5-6H2,1-4H3,(H,11,13)(H,12,16)(H,14,15). The number of hydrogen-bond donors (Lipinski definition) is 3. The molecule has 0 heterocycles. The van der Waals surface area contributed by atoms with Crippen molar-refractivity contribution < 1.29 is 28.3 Å². The molecule has 19 heavy (non-hydrogen) atoms. The first-order chi connectivity index (χ1) is 8.64. The summed E-state index contributed by atoms with van der Waals surface area (Å²) in [7, 11) is -3.59. The number of carboxylic acid groups (broad SMARTS) is 1. The molecule has 3 N–H and O–H groups in total. The van der Waals surface area contributed by atoms with Crippen molar-refractivity contribution in [2.75, 3.05) is 13.1 Å². The number of nitrogens with one attached hydrogen (secondary N) is 2. The van der Waals surface area contributed by atoms with Gasteiger partial charge in [0, 0.05) is 0 Å². The number of carbonyl (C=O) groups excluding carboxylic acids is 1. The lowest BCUT2D eigenvalue weighted by Gasteiger charge is -2.22. The Morgan fingerprint density at radius 2 is 1.58 bits per heavy atom. The van der Waals surface area contributed by atoms with Gasteiger partial charge in [0.25, 0.3) is 0 Å². The van der Waals surface area contributed by atoms with Crippen LogP contribution in [0.2, 0.25) is 0 Å². The zero-order valence-electron chi connectivity index (χ0n) is 11.5. The molecule has 9 heteroatoms. The highest BCUT2D eigenvalue weighted by Gasteiger charge is 2.28. The van der Waals surface area contributed by atoms with Gasteiger partial charge < -0.3 is 10.4 Å². The van der Waals surface area contributed by atoms with E-state index >= 15 is 0 Å². The van der Waals surface area contributed by atoms with E-state index in [1.807, 2.05) is 0 Å². The second-order valence-electron chi connectivity index (χ2n) is 4.31. The first-order valence-corrected chi connectivity index (χ1v) is 7.39. The summed E-state index contributed by atoms with van der Waals surface area (Å²) < 4.78 is 22.5. The molecule has 0 atom stereocenters. The van der Waals surface area contributed by atoms with Gasteiger partial charge >= 0.3 is 13.7 Å². The molecule has 0 aromatic carbocycles. The Bertz CT molecular complexity index is 344. The molecule has 0 aliphatic carbocycles. The topological polar surface area (TPSA) is 114 Å². The van der Waals surface area contributed by atoms with Gasteiger partial charge in [0.1, 0.15) is 6.54 Å². The molecule has 0 saturated heterocycles. The zero-order chi connectivity index (χ0) is 15.1. The lowest BCUT2D eigenvalue weighted by atomic mass is 10.5. The van der Waals surface area contributed by atoms with Crippen molar-refractivity contribution in [3.05, 3.63) is 0 Å². The van der Waals surface area contributed by atoms with E-state index in [4.69, 9.17) is 14.2 Å². The third-order valence-electron chi connectivity index (χ3n) is 1.57. The molecule has 0 spiro atoms. The summed E-state index contributed by atoms with van der Waals surface area (Å²) in [6, 6.07) is 0. The highest BCUT2D eigenvalue weighted by Crippen LogP contribution is 2.45. The first kappa shape index (κ1) is 18.0. The van der Waals surface area contributed by atoms with Crippen LogP contribution >= 0.6 is 7.75 Å². The van der Waals surface area contributed by atoms with Crippen LogP contribution in [0.4, 0.5) is 0 Å². The largest absolute Gasteiger partial charge is 0.480 e. The molecule has 0 bridgehead atoms. The van der Waals surface area contributed by atoms with Gasteiger partial charge in [-0.25, -0.2) is 9.65 Å². The van der Waals surface area contributed by atoms with Crippen LogP contribution in [0.15, 0.2) is 0 Å². The lowest BCUT2D eigenvalue weighted by Crippen LogP contribution is -2.36. The molecule has 0 aromatic heterocycles. The molecule has 0 aliphatic heterocycles. The maximum Gasteiger partial charge on any atom is 0.406 e. The fourth-order valence-electron chi connectivity index (χ4n) is 1.06. The maximum atomic E-state index is 12.2. The van der Waals surface area contributed by atoms with Crippen LogP contribution in [-0.4, -0.2) is 42.3 Å². The maximum absolute atomic E-state index is 12.2. The molecule has 0 aromatic rings. The van der Waals surface area contributed by atoms with E-state index < -0.39 is 26.2 Å². The average Bonchev–Trinajstić information content (AvgIpc) is 2.21. The van der Waals surface area contributed by atoms with Gasteiger partial charge in [-0.3, -0.25) is 18.6 Å². The van der Waals surface area contributed by atoms with Crippen molar-refractivity contribution >= 4 is 19.6 Å². The van der Waals surface area contributed by atoms with Crippen molar-refractivity contribution in [3.8, 4) is 0 Å². The van der Waals surface area contributed by atoms with E-state index in [9.17, 15) is 14.2 Å². The van der Waals surface area contributed by atoms with Crippen LogP contribution in [0, 0.1) is 0 Å². The van der Waals surface area contributed by atoms with Crippen LogP contribution in [0.5, 0.6) is 0 Å². The van der Waals surface area contributed by atoms with Crippen molar-refractivity contribution in [3.63, 3.8) is 0 Å². The van der Waals surface area contributed by atoms with Gasteiger partial charge in [0.15, 0.2) is 0 Å². The third-order valence-corrected chi connectivity index (χ3v) is 3.51. The quantitative estimate of drug-likeness (QED) is 0.537. The summed E-state index contributed by atoms with van der Waals surface area (Å²) >= 11 is 0. The zero-order valence-corrected chi connectivity index (χ0v) is 12.4. The average molecular weight is 296 g/mol. The number of aliphatic carboxylic acids is 1. The van der Waals surface area contributed by atoms with Crippen LogP contribution in [0.3, 0.4) is 0 Å². The normalized spacial score (nSPS) is 11.9. The highest BCUT2D eigenvalue weighted by atomic mass is 31.2. The van der Waals surface area contributed by atoms with E-state index in [0.717, 1.165) is 0 Å². The van der Waals surface area contributed by atoms with Gasteiger partial charge in [-0.15, -0.1) is 0 Å². The fraction of sp³-hybridized carbons (Fsp3) is 0.800. The van der Waals surface area contributed by atoms with Gasteiger partial charge in [-0.2, -0.15) is 0 Å². The van der Waals surface area contributed by atoms with Gasteiger partial charge in [0.2, 0.25) is 5.91 Å². The summed E-state index contributed by atoms with van der Waals surface area (Å²) in [4.78, 5) is 21.6. The third kappa shape index (κ3) is 9.61. The number of carbonyl (C=O) groups is 2. The molecule has 0 fully saturated rings. The summed E-state index contributed by atoms with van der Waals surface area (Å²) in [6.45, 7) is 5.88. The van der Waals surface area contributed by atoms with Gasteiger partial charge in [-0.1, -0.05) is 0 Å². The van der Waals surface area contributed by atoms with Crippen LogP contribution in [-0.2, 0) is 23.2 Å². The molecule has 1 amide bonds. The van der Waals surface area contributed by atoms with E-state index in [0.29, 0.717) is 0 Å². The number of rotatable bonds is 9. The lowest BCUT2D eigenvalue weighted by molar-refractivity contribution is -0.137. The molecular weight excluding hydrogens is 275 g/mol. The smallest absolute Gasteiger partial charge is 0.406 e. The molecule has 0 unspecified atom stereocenters. The molecular formula is C10H21N2O6P. The summed E-state index contributed by atoms with van der Waals surface area (Å²) in [5, 5.41) is 12.9. The minimum atomic E-state index is -3.59. The van der Waals surface area contributed by atoms with Crippen molar-refractivity contribution in [1.82, 2.24) is 10.4 Å². The molecule has 0 rings (SSSR count). The summed E-state index contributed by atoms with van der Waals surface area (Å²) in [5.41, 5.74) is 0. The van der Waals surface area contributed by atoms with E-state index in [1.165, 1.54) is 0 Å². The van der Waals surface area contributed by atoms with Crippen LogP contribution in [0.25, 0.3) is 0 Å². The second-order valence-corrected chi connectivity index (χ2v) is 6.04. The molecule has 0 aliphatic rings. The van der Waals surface area contributed by atoms with Crippen molar-refractivity contribution in [1.29, 1.82) is 0 Å². The van der Waals surface area contributed by atoms with Crippen LogP contribution in [0.1, 0.15) is 27.7 Å². The minimum absolute atomic E-state index is 0.348. The van der Waals surface area contributed by atoms with E-state index in [-0.39, 0.29) is 18.8 Å². The Hall–Kier alpha value is -0.950. The van der Waals surface area contributed by atoms with Gasteiger partial charge in [0.05, 0.1) is 18.8 Å². The molecule has 112 valence electrons. The van der Waals surface area contributed by atoms with Crippen molar-refractivity contribution in [2.45, 2.75) is 39.9 Å². The van der Waals surface area contributed by atoms with E-state index in [1.54, 1.807) is 27.7 Å². The minimum Gasteiger partial charge on any atom is -0.480 e. The number of carboxylic acids is 1. The molecule has 0 saturated carbocycles. The number of amides is 1. The van der Waals surface area contributed by atoms with E-state index in [2.05, 4.69) is 10.4 Å². The Morgan fingerprint density at radius 3 is 1.95 bits per heavy atom. The van der Waals surface area contributed by atoms with Gasteiger partial charge in [-0.05, 0) is 27.7 Å². The predicted molar refractivity (Wildman–Crippen MR) is 68.7 cm³/mol. The Kier molecular flexibility index (Phi) is 7.85. The molecule has 8 nitrogen and oxygen atoms in total. The Balaban J connectivity index is 4.37. The predicted octanol–water partition coefficient (Wildman–Crippen LogP) is 0.735. The molecule has 0 radical (unpaired) electrons. The monoisotopic (exact) mass is 296 g/mol. The highest BCUT2D eigenvalue weighted by molar-refractivity contribution is 7.51.